The van der Waals surface area contributed by atoms with E-state index in [0.717, 1.165) is 12.8 Å². The van der Waals surface area contributed by atoms with Gasteiger partial charge < -0.3 is 4.90 Å². The number of hydrogen-bond acceptors (Lipinski definition) is 3. The van der Waals surface area contributed by atoms with E-state index in [4.69, 9.17) is 4.55 Å². The highest BCUT2D eigenvalue weighted by Crippen LogP contribution is 2.15. The van der Waals surface area contributed by atoms with Crippen LogP contribution in [0.25, 0.3) is 0 Å². The first-order chi connectivity index (χ1) is 14.9. The maximum Gasteiger partial charge on any atom is 0.266 e. The molecule has 1 N–H and O–H groups in total. The van der Waals surface area contributed by atoms with Crippen molar-refractivity contribution in [2.24, 2.45) is 0 Å². The number of nitrogens with zero attached hydrogens (tertiary/aromatic N) is 1. The van der Waals surface area contributed by atoms with Crippen LogP contribution in [0.15, 0.2) is 0 Å². The molecule has 0 heterocycles. The normalized spacial score (nSPS) is 11.7. The summed E-state index contributed by atoms with van der Waals surface area (Å²) in [4.78, 5) is 13.3. The monoisotopic (exact) mass is 461 g/mol. The second-order valence-electron chi connectivity index (χ2n) is 9.22. The van der Waals surface area contributed by atoms with Crippen LogP contribution in [0, 0.1) is 0 Å². The Morgan fingerprint density at radius 1 is 0.645 bits per heavy atom. The van der Waals surface area contributed by atoms with Gasteiger partial charge in [-0.05, 0) is 6.42 Å². The van der Waals surface area contributed by atoms with Crippen molar-refractivity contribution in [2.45, 2.75) is 135 Å². The van der Waals surface area contributed by atoms with Gasteiger partial charge in [-0.3, -0.25) is 9.35 Å². The van der Waals surface area contributed by atoms with E-state index in [0.29, 0.717) is 6.42 Å². The van der Waals surface area contributed by atoms with E-state index in [1.165, 1.54) is 114 Å². The Labute approximate surface area is 193 Å². The Morgan fingerprint density at radius 2 is 0.968 bits per heavy atom. The smallest absolute Gasteiger partial charge is 0.266 e. The predicted molar refractivity (Wildman–Crippen MR) is 132 cm³/mol. The molecule has 31 heavy (non-hydrogen) atoms. The number of unbranched alkanes of at least 4 members (excludes halogenated alkanes) is 18. The number of hydrogen-bond donors (Lipinski definition) is 1. The number of carbonyl (C=O) groups excluding carboxylic acids is 1. The molecule has 0 aromatic heterocycles. The first kappa shape index (κ1) is 30.4. The molecule has 5 nitrogen and oxygen atoms in total. The van der Waals surface area contributed by atoms with Gasteiger partial charge in [-0.25, -0.2) is 0 Å². The van der Waals surface area contributed by atoms with Gasteiger partial charge in [0.2, 0.25) is 5.91 Å². The lowest BCUT2D eigenvalue weighted by molar-refractivity contribution is -0.129. The zero-order chi connectivity index (χ0) is 23.2. The molecule has 0 bridgehead atoms. The Hall–Kier alpha value is -0.620. The quantitative estimate of drug-likeness (QED) is 0.129. The van der Waals surface area contributed by atoms with Crippen molar-refractivity contribution in [3.05, 3.63) is 0 Å². The molecule has 0 fully saturated rings. The molecule has 0 aliphatic heterocycles. The molecule has 186 valence electrons. The molecule has 0 aromatic rings. The van der Waals surface area contributed by atoms with Crippen LogP contribution in [0.4, 0.5) is 0 Å². The average molecular weight is 462 g/mol. The minimum absolute atomic E-state index is 0.0457. The zero-order valence-electron chi connectivity index (χ0n) is 20.6. The molecular weight excluding hydrogens is 410 g/mol. The fourth-order valence-electron chi connectivity index (χ4n) is 3.92. The lowest BCUT2D eigenvalue weighted by Crippen LogP contribution is -2.31. The highest BCUT2D eigenvalue weighted by atomic mass is 32.2. The van der Waals surface area contributed by atoms with Crippen molar-refractivity contribution in [3.8, 4) is 0 Å². The molecule has 0 rings (SSSR count). The van der Waals surface area contributed by atoms with Gasteiger partial charge in [0, 0.05) is 20.0 Å². The molecule has 0 aromatic carbocycles. The van der Waals surface area contributed by atoms with E-state index in [1.54, 1.807) is 7.05 Å². The molecule has 0 spiro atoms. The lowest BCUT2D eigenvalue weighted by atomic mass is 10.0. The summed E-state index contributed by atoms with van der Waals surface area (Å²) in [5, 5.41) is 0. The maximum atomic E-state index is 11.9. The second-order valence-corrected chi connectivity index (χ2v) is 10.8. The van der Waals surface area contributed by atoms with Crippen molar-refractivity contribution in [1.82, 2.24) is 4.90 Å². The van der Waals surface area contributed by atoms with E-state index >= 15 is 0 Å². The van der Waals surface area contributed by atoms with Crippen LogP contribution in [-0.2, 0) is 14.9 Å². The molecule has 1 amide bonds. The van der Waals surface area contributed by atoms with E-state index in [1.807, 2.05) is 0 Å². The Balaban J connectivity index is 3.25. The Kier molecular flexibility index (Phi) is 20.8. The summed E-state index contributed by atoms with van der Waals surface area (Å²) in [6.07, 6.45) is 25.7. The van der Waals surface area contributed by atoms with Gasteiger partial charge in [0.1, 0.15) is 0 Å². The van der Waals surface area contributed by atoms with Gasteiger partial charge in [-0.15, -0.1) is 0 Å². The van der Waals surface area contributed by atoms with Crippen LogP contribution >= 0.6 is 0 Å². The SMILES string of the molecule is CCCCCCCCCCCCCCCCCCCCCC(=O)N(C)CCS(=O)(=O)O. The van der Waals surface area contributed by atoms with Crippen LogP contribution in [0.1, 0.15) is 135 Å². The summed E-state index contributed by atoms with van der Waals surface area (Å²) < 4.78 is 30.2. The minimum Gasteiger partial charge on any atom is -0.345 e. The molecule has 0 atom stereocenters. The predicted octanol–water partition coefficient (Wildman–Crippen LogP) is 7.15. The van der Waals surface area contributed by atoms with Gasteiger partial charge in [0.15, 0.2) is 0 Å². The number of rotatable bonds is 23. The summed E-state index contributed by atoms with van der Waals surface area (Å²) in [6.45, 7) is 2.33. The Bertz CT molecular complexity index is 508. The van der Waals surface area contributed by atoms with Crippen molar-refractivity contribution >= 4 is 16.0 Å². The van der Waals surface area contributed by atoms with Gasteiger partial charge in [0.25, 0.3) is 10.1 Å². The molecule has 0 unspecified atom stereocenters. The number of carbonyl (C=O) groups is 1. The first-order valence-corrected chi connectivity index (χ1v) is 14.7. The molecule has 0 saturated carbocycles. The minimum atomic E-state index is -4.00. The van der Waals surface area contributed by atoms with Crippen LogP contribution < -0.4 is 0 Å². The van der Waals surface area contributed by atoms with Gasteiger partial charge in [0.05, 0.1) is 5.75 Å². The largest absolute Gasteiger partial charge is 0.345 e. The van der Waals surface area contributed by atoms with Crippen molar-refractivity contribution < 1.29 is 17.8 Å². The van der Waals surface area contributed by atoms with Crippen molar-refractivity contribution in [1.29, 1.82) is 0 Å². The molecule has 0 aliphatic rings. The van der Waals surface area contributed by atoms with Gasteiger partial charge in [-0.2, -0.15) is 8.42 Å². The molecule has 0 saturated heterocycles. The molecule has 6 heteroatoms. The topological polar surface area (TPSA) is 74.7 Å². The summed E-state index contributed by atoms with van der Waals surface area (Å²) >= 11 is 0. The van der Waals surface area contributed by atoms with E-state index in [-0.39, 0.29) is 12.5 Å². The highest BCUT2D eigenvalue weighted by molar-refractivity contribution is 7.85. The van der Waals surface area contributed by atoms with Crippen molar-refractivity contribution in [3.63, 3.8) is 0 Å². The standard InChI is InChI=1S/C25H51NO4S/c1-3-4-5-6-7-8-9-10-11-12-13-14-15-16-17-18-19-20-21-22-25(27)26(2)23-24-31(28,29)30/h3-24H2,1-2H3,(H,28,29,30). The fourth-order valence-corrected chi connectivity index (χ4v) is 4.43. The summed E-state index contributed by atoms with van der Waals surface area (Å²) in [6, 6.07) is 0. The average Bonchev–Trinajstić information content (AvgIpc) is 2.72. The number of amides is 1. The van der Waals surface area contributed by atoms with Crippen molar-refractivity contribution in [2.75, 3.05) is 19.3 Å². The Morgan fingerprint density at radius 3 is 1.29 bits per heavy atom. The van der Waals surface area contributed by atoms with Crippen LogP contribution in [0.3, 0.4) is 0 Å². The van der Waals surface area contributed by atoms with E-state index < -0.39 is 15.9 Å². The third-order valence-electron chi connectivity index (χ3n) is 6.10. The zero-order valence-corrected chi connectivity index (χ0v) is 21.4. The van der Waals surface area contributed by atoms with E-state index in [2.05, 4.69) is 6.92 Å². The second kappa shape index (κ2) is 21.2. The van der Waals surface area contributed by atoms with Crippen LogP contribution in [0.2, 0.25) is 0 Å². The molecule has 0 aliphatic carbocycles. The highest BCUT2D eigenvalue weighted by Gasteiger charge is 2.12. The van der Waals surface area contributed by atoms with Gasteiger partial charge in [-0.1, -0.05) is 122 Å². The molecule has 0 radical (unpaired) electrons. The first-order valence-electron chi connectivity index (χ1n) is 13.1. The lowest BCUT2D eigenvalue weighted by Gasteiger charge is -2.16. The fraction of sp³-hybridized carbons (Fsp3) is 0.960. The van der Waals surface area contributed by atoms with Crippen LogP contribution in [-0.4, -0.2) is 43.1 Å². The summed E-state index contributed by atoms with van der Waals surface area (Å²) in [5.41, 5.74) is 0. The summed E-state index contributed by atoms with van der Waals surface area (Å²) in [5.74, 6) is -0.440. The summed E-state index contributed by atoms with van der Waals surface area (Å²) in [7, 11) is -2.41. The van der Waals surface area contributed by atoms with Gasteiger partial charge >= 0.3 is 0 Å². The van der Waals surface area contributed by atoms with E-state index in [9.17, 15) is 13.2 Å². The van der Waals surface area contributed by atoms with Crippen LogP contribution in [0.5, 0.6) is 0 Å². The third kappa shape index (κ3) is 23.9. The maximum absolute atomic E-state index is 11.9. The molecular formula is C25H51NO4S. The third-order valence-corrected chi connectivity index (χ3v) is 6.80.